The van der Waals surface area contributed by atoms with Crippen LogP contribution in [0.1, 0.15) is 19.3 Å². The maximum atomic E-state index is 12.3. The highest BCUT2D eigenvalue weighted by Crippen LogP contribution is 2.22. The second kappa shape index (κ2) is 8.53. The van der Waals surface area contributed by atoms with Crippen molar-refractivity contribution in [1.29, 1.82) is 0 Å². The van der Waals surface area contributed by atoms with Crippen molar-refractivity contribution in [3.05, 3.63) is 18.7 Å². The van der Waals surface area contributed by atoms with Crippen LogP contribution in [-0.4, -0.2) is 63.6 Å². The molecule has 3 heterocycles. The maximum absolute atomic E-state index is 12.3. The predicted octanol–water partition coefficient (Wildman–Crippen LogP) is 0.291. The molecular formula is C16H25N5O2S. The highest BCUT2D eigenvalue weighted by molar-refractivity contribution is 7.99. The van der Waals surface area contributed by atoms with Crippen LogP contribution < -0.4 is 10.6 Å². The number of rotatable bonds is 7. The second-order valence-electron chi connectivity index (χ2n) is 6.41. The van der Waals surface area contributed by atoms with Crippen LogP contribution in [0.2, 0.25) is 0 Å². The fourth-order valence-electron chi connectivity index (χ4n) is 3.20. The first-order valence-electron chi connectivity index (χ1n) is 8.55. The van der Waals surface area contributed by atoms with Gasteiger partial charge in [0.2, 0.25) is 11.8 Å². The van der Waals surface area contributed by atoms with E-state index in [1.165, 1.54) is 0 Å². The van der Waals surface area contributed by atoms with Crippen molar-refractivity contribution in [2.75, 3.05) is 31.3 Å². The van der Waals surface area contributed by atoms with Crippen molar-refractivity contribution < 1.29 is 9.59 Å². The smallest absolute Gasteiger partial charge is 0.240 e. The molecule has 0 radical (unpaired) electrons. The van der Waals surface area contributed by atoms with Crippen LogP contribution in [0.4, 0.5) is 0 Å². The summed E-state index contributed by atoms with van der Waals surface area (Å²) >= 11 is 1.80. The number of amides is 2. The van der Waals surface area contributed by atoms with Crippen LogP contribution in [0, 0.1) is 5.92 Å². The average Bonchev–Trinajstić information content (AvgIpc) is 3.32. The molecule has 2 aliphatic rings. The lowest BCUT2D eigenvalue weighted by Crippen LogP contribution is -2.42. The standard InChI is InChI=1S/C16H25N5O2S/c22-15(18-2-1-4-20-5-3-17-11-20)9-13-8-14(19-10-13)16(23)21-6-7-24-12-21/h3,5,11,13-14,19H,1-2,4,6-10,12H2,(H,18,22). The van der Waals surface area contributed by atoms with E-state index in [4.69, 9.17) is 0 Å². The molecule has 2 N–H and O–H groups in total. The minimum absolute atomic E-state index is 0.0808. The highest BCUT2D eigenvalue weighted by Gasteiger charge is 2.33. The average molecular weight is 351 g/mol. The summed E-state index contributed by atoms with van der Waals surface area (Å²) in [5.74, 6) is 2.37. The van der Waals surface area contributed by atoms with Crippen LogP contribution in [0.3, 0.4) is 0 Å². The molecule has 2 atom stereocenters. The molecule has 0 spiro atoms. The zero-order valence-electron chi connectivity index (χ0n) is 13.8. The zero-order chi connectivity index (χ0) is 16.8. The number of carbonyl (C=O) groups excluding carboxylic acids is 2. The Balaban J connectivity index is 1.31. The monoisotopic (exact) mass is 351 g/mol. The summed E-state index contributed by atoms with van der Waals surface area (Å²) in [7, 11) is 0. The molecule has 8 heteroatoms. The van der Waals surface area contributed by atoms with E-state index < -0.39 is 0 Å². The van der Waals surface area contributed by atoms with Gasteiger partial charge in [-0.1, -0.05) is 0 Å². The summed E-state index contributed by atoms with van der Waals surface area (Å²) in [5.41, 5.74) is 0. The van der Waals surface area contributed by atoms with Crippen LogP contribution in [0.25, 0.3) is 0 Å². The van der Waals surface area contributed by atoms with E-state index in [-0.39, 0.29) is 23.8 Å². The third-order valence-corrected chi connectivity index (χ3v) is 5.50. The molecule has 0 aliphatic carbocycles. The van der Waals surface area contributed by atoms with Crippen LogP contribution in [0.15, 0.2) is 18.7 Å². The van der Waals surface area contributed by atoms with E-state index in [0.717, 1.165) is 44.1 Å². The Kier molecular flexibility index (Phi) is 6.14. The molecule has 2 aliphatic heterocycles. The molecule has 3 rings (SSSR count). The van der Waals surface area contributed by atoms with Gasteiger partial charge in [0.1, 0.15) is 0 Å². The quantitative estimate of drug-likeness (QED) is 0.691. The Bertz CT molecular complexity index is 545. The maximum Gasteiger partial charge on any atom is 0.240 e. The lowest BCUT2D eigenvalue weighted by Gasteiger charge is -2.19. The minimum Gasteiger partial charge on any atom is -0.356 e. The van der Waals surface area contributed by atoms with Crippen molar-refractivity contribution >= 4 is 23.6 Å². The Morgan fingerprint density at radius 2 is 2.33 bits per heavy atom. The van der Waals surface area contributed by atoms with E-state index in [2.05, 4.69) is 15.6 Å². The Morgan fingerprint density at radius 1 is 1.42 bits per heavy atom. The Morgan fingerprint density at radius 3 is 3.08 bits per heavy atom. The van der Waals surface area contributed by atoms with Gasteiger partial charge in [-0.05, 0) is 25.3 Å². The fourth-order valence-corrected chi connectivity index (χ4v) is 4.16. The number of nitrogens with zero attached hydrogens (tertiary/aromatic N) is 3. The largest absolute Gasteiger partial charge is 0.356 e. The van der Waals surface area contributed by atoms with Crippen LogP contribution >= 0.6 is 11.8 Å². The van der Waals surface area contributed by atoms with Crippen molar-refractivity contribution in [3.8, 4) is 0 Å². The van der Waals surface area contributed by atoms with E-state index >= 15 is 0 Å². The van der Waals surface area contributed by atoms with E-state index in [1.807, 2.05) is 15.7 Å². The van der Waals surface area contributed by atoms with Gasteiger partial charge >= 0.3 is 0 Å². The molecule has 0 saturated carbocycles. The molecule has 2 fully saturated rings. The normalized spacial score (nSPS) is 23.6. The topological polar surface area (TPSA) is 79.3 Å². The summed E-state index contributed by atoms with van der Waals surface area (Å²) in [6, 6.07) is -0.109. The molecule has 2 saturated heterocycles. The number of aryl methyl sites for hydroxylation is 1. The van der Waals surface area contributed by atoms with Gasteiger partial charge in [-0.2, -0.15) is 0 Å². The molecule has 7 nitrogen and oxygen atoms in total. The molecule has 0 bridgehead atoms. The second-order valence-corrected chi connectivity index (χ2v) is 7.48. The number of carbonyl (C=O) groups is 2. The van der Waals surface area contributed by atoms with E-state index in [0.29, 0.717) is 13.0 Å². The van der Waals surface area contributed by atoms with Gasteiger partial charge in [0.25, 0.3) is 0 Å². The van der Waals surface area contributed by atoms with Gasteiger partial charge in [-0.15, -0.1) is 11.8 Å². The van der Waals surface area contributed by atoms with E-state index in [1.54, 1.807) is 24.3 Å². The summed E-state index contributed by atoms with van der Waals surface area (Å²) in [6.07, 6.45) is 7.60. The first-order chi connectivity index (χ1) is 11.7. The zero-order valence-corrected chi connectivity index (χ0v) is 14.6. The lowest BCUT2D eigenvalue weighted by atomic mass is 10.0. The molecule has 1 aromatic rings. The first kappa shape index (κ1) is 17.3. The molecule has 2 unspecified atom stereocenters. The van der Waals surface area contributed by atoms with Gasteiger partial charge in [-0.25, -0.2) is 4.98 Å². The Labute approximate surface area is 146 Å². The third kappa shape index (κ3) is 4.73. The van der Waals surface area contributed by atoms with Crippen molar-refractivity contribution in [3.63, 3.8) is 0 Å². The number of hydrogen-bond donors (Lipinski definition) is 2. The molecule has 24 heavy (non-hydrogen) atoms. The molecule has 1 aromatic heterocycles. The predicted molar refractivity (Wildman–Crippen MR) is 93.4 cm³/mol. The van der Waals surface area contributed by atoms with Crippen molar-refractivity contribution in [1.82, 2.24) is 25.1 Å². The number of imidazole rings is 1. The number of aromatic nitrogens is 2. The van der Waals surface area contributed by atoms with Gasteiger partial charge in [0.15, 0.2) is 0 Å². The number of thioether (sulfide) groups is 1. The van der Waals surface area contributed by atoms with Gasteiger partial charge in [0.05, 0.1) is 18.2 Å². The summed E-state index contributed by atoms with van der Waals surface area (Å²) in [5, 5.41) is 6.26. The molecule has 0 aromatic carbocycles. The minimum atomic E-state index is -0.109. The van der Waals surface area contributed by atoms with Crippen molar-refractivity contribution in [2.24, 2.45) is 5.92 Å². The van der Waals surface area contributed by atoms with E-state index in [9.17, 15) is 9.59 Å². The number of nitrogens with one attached hydrogen (secondary N) is 2. The SMILES string of the molecule is O=C(CC1CNC(C(=O)N2CCSC2)C1)NCCCn1ccnc1. The van der Waals surface area contributed by atoms with Gasteiger partial charge in [0, 0.05) is 44.2 Å². The summed E-state index contributed by atoms with van der Waals surface area (Å²) < 4.78 is 2.00. The van der Waals surface area contributed by atoms with Gasteiger partial charge in [-0.3, -0.25) is 9.59 Å². The van der Waals surface area contributed by atoms with Crippen LogP contribution in [0.5, 0.6) is 0 Å². The Hall–Kier alpha value is -1.54. The molecule has 2 amide bonds. The summed E-state index contributed by atoms with van der Waals surface area (Å²) in [6.45, 7) is 3.13. The lowest BCUT2D eigenvalue weighted by molar-refractivity contribution is -0.131. The highest BCUT2D eigenvalue weighted by atomic mass is 32.2. The van der Waals surface area contributed by atoms with Gasteiger partial charge < -0.3 is 20.1 Å². The molecule has 132 valence electrons. The fraction of sp³-hybridized carbons (Fsp3) is 0.688. The van der Waals surface area contributed by atoms with Crippen molar-refractivity contribution in [2.45, 2.75) is 31.8 Å². The molecular weight excluding hydrogens is 326 g/mol. The third-order valence-electron chi connectivity index (χ3n) is 4.53. The first-order valence-corrected chi connectivity index (χ1v) is 9.70. The summed E-state index contributed by atoms with van der Waals surface area (Å²) in [4.78, 5) is 30.3. The number of hydrogen-bond acceptors (Lipinski definition) is 5. The van der Waals surface area contributed by atoms with Crippen LogP contribution in [-0.2, 0) is 16.1 Å².